The van der Waals surface area contributed by atoms with Gasteiger partial charge >= 0.3 is 6.09 Å². The number of nitrogens with zero attached hydrogens (tertiary/aromatic N) is 3. The predicted molar refractivity (Wildman–Crippen MR) is 142 cm³/mol. The van der Waals surface area contributed by atoms with E-state index in [1.165, 1.54) is 11.1 Å². The van der Waals surface area contributed by atoms with Gasteiger partial charge in [0.05, 0.1) is 12.1 Å². The molecule has 0 saturated heterocycles. The Balaban J connectivity index is 1.51. The molecule has 1 fully saturated rings. The Labute approximate surface area is 221 Å². The van der Waals surface area contributed by atoms with Crippen molar-refractivity contribution in [2.75, 3.05) is 10.6 Å². The van der Waals surface area contributed by atoms with Gasteiger partial charge in [-0.1, -0.05) is 35.8 Å². The molecule has 0 radical (unpaired) electrons. The van der Waals surface area contributed by atoms with Gasteiger partial charge in [0.15, 0.2) is 0 Å². The molecule has 1 aliphatic rings. The minimum atomic E-state index is -0.741. The molecule has 4 rings (SSSR count). The molecule has 11 heteroatoms. The molecule has 1 aromatic carbocycles. The van der Waals surface area contributed by atoms with E-state index >= 15 is 0 Å². The van der Waals surface area contributed by atoms with Gasteiger partial charge in [-0.3, -0.25) is 20.2 Å². The number of ether oxygens (including phenoxy) is 1. The first-order chi connectivity index (χ1) is 17.9. The van der Waals surface area contributed by atoms with Crippen molar-refractivity contribution in [1.82, 2.24) is 14.9 Å². The summed E-state index contributed by atoms with van der Waals surface area (Å²) < 4.78 is 12.1. The normalized spacial score (nSPS) is 13.7. The summed E-state index contributed by atoms with van der Waals surface area (Å²) >= 11 is 0. The second-order valence-electron chi connectivity index (χ2n) is 10.8. The Hall–Kier alpha value is -4.15. The average molecular weight is 523 g/mol. The third-order valence-corrected chi connectivity index (χ3v) is 6.17. The van der Waals surface area contributed by atoms with Gasteiger partial charge in [-0.15, -0.1) is 0 Å². The van der Waals surface area contributed by atoms with Crippen molar-refractivity contribution in [2.45, 2.75) is 77.9 Å². The van der Waals surface area contributed by atoms with Crippen LogP contribution in [0, 0.1) is 0 Å². The molecule has 3 amide bonds. The fourth-order valence-electron chi connectivity index (χ4n) is 4.16. The van der Waals surface area contributed by atoms with Gasteiger partial charge in [-0.2, -0.15) is 5.10 Å². The number of carbonyl (C=O) groups excluding carboxylic acids is 3. The smallest absolute Gasteiger partial charge is 0.413 e. The summed E-state index contributed by atoms with van der Waals surface area (Å²) in [5.41, 5.74) is 7.62. The highest BCUT2D eigenvalue weighted by molar-refractivity contribution is 6.06. The van der Waals surface area contributed by atoms with Crippen molar-refractivity contribution >= 4 is 29.6 Å². The van der Waals surface area contributed by atoms with Crippen molar-refractivity contribution in [1.29, 1.82) is 0 Å². The molecule has 4 N–H and O–H groups in total. The van der Waals surface area contributed by atoms with E-state index in [0.717, 1.165) is 24.1 Å². The number of aromatic nitrogens is 3. The van der Waals surface area contributed by atoms with E-state index in [0.29, 0.717) is 23.1 Å². The molecule has 202 valence electrons. The van der Waals surface area contributed by atoms with Crippen LogP contribution in [0.2, 0.25) is 0 Å². The molecular formula is C27H34N6O5. The van der Waals surface area contributed by atoms with E-state index in [1.54, 1.807) is 51.1 Å². The Kier molecular flexibility index (Phi) is 7.56. The van der Waals surface area contributed by atoms with Gasteiger partial charge in [0.1, 0.15) is 22.7 Å². The quantitative estimate of drug-likeness (QED) is 0.375. The van der Waals surface area contributed by atoms with Gasteiger partial charge < -0.3 is 15.0 Å². The lowest BCUT2D eigenvalue weighted by Crippen LogP contribution is -2.29. The molecule has 2 heterocycles. The lowest BCUT2D eigenvalue weighted by molar-refractivity contribution is -0.115. The van der Waals surface area contributed by atoms with Gasteiger partial charge in [0, 0.05) is 23.6 Å². The third-order valence-electron chi connectivity index (χ3n) is 6.17. The number of nitrogens with one attached hydrogen (secondary N) is 2. The van der Waals surface area contributed by atoms with E-state index in [9.17, 15) is 14.4 Å². The van der Waals surface area contributed by atoms with E-state index in [2.05, 4.69) is 20.9 Å². The number of nitrogens with two attached hydrogens (primary N) is 1. The van der Waals surface area contributed by atoms with Crippen LogP contribution in [-0.2, 0) is 16.0 Å². The summed E-state index contributed by atoms with van der Waals surface area (Å²) in [7, 11) is 0. The van der Waals surface area contributed by atoms with E-state index in [4.69, 9.17) is 15.0 Å². The molecule has 0 spiro atoms. The van der Waals surface area contributed by atoms with Crippen LogP contribution >= 0.6 is 0 Å². The zero-order valence-electron chi connectivity index (χ0n) is 22.3. The predicted octanol–water partition coefficient (Wildman–Crippen LogP) is 5.01. The first-order valence-electron chi connectivity index (χ1n) is 12.7. The van der Waals surface area contributed by atoms with Crippen LogP contribution in [0.25, 0.3) is 11.3 Å². The number of amides is 3. The Morgan fingerprint density at radius 1 is 1.16 bits per heavy atom. The highest BCUT2D eigenvalue weighted by Crippen LogP contribution is 2.36. The summed E-state index contributed by atoms with van der Waals surface area (Å²) in [6.45, 7) is 8.96. The zero-order chi connectivity index (χ0) is 27.6. The molecule has 0 atom stereocenters. The highest BCUT2D eigenvalue weighted by Gasteiger charge is 2.28. The number of primary amides is 1. The first-order valence-corrected chi connectivity index (χ1v) is 12.7. The molecule has 11 nitrogen and oxygen atoms in total. The average Bonchev–Trinajstić information content (AvgIpc) is 3.36. The lowest BCUT2D eigenvalue weighted by atomic mass is 9.83. The van der Waals surface area contributed by atoms with Crippen LogP contribution in [0.1, 0.15) is 87.5 Å². The van der Waals surface area contributed by atoms with Gasteiger partial charge in [0.25, 0.3) is 5.91 Å². The number of carbonyl (C=O) groups is 3. The molecule has 2 aromatic heterocycles. The van der Waals surface area contributed by atoms with Crippen molar-refractivity contribution < 1.29 is 23.6 Å². The second-order valence-corrected chi connectivity index (χ2v) is 10.8. The zero-order valence-corrected chi connectivity index (χ0v) is 22.3. The molecular weight excluding hydrogens is 488 g/mol. The van der Waals surface area contributed by atoms with Crippen LogP contribution < -0.4 is 16.4 Å². The molecule has 0 bridgehead atoms. The van der Waals surface area contributed by atoms with Gasteiger partial charge in [-0.25, -0.2) is 9.48 Å². The summed E-state index contributed by atoms with van der Waals surface area (Å²) in [5.74, 6) is -0.0618. The summed E-state index contributed by atoms with van der Waals surface area (Å²) in [6.07, 6.45) is 2.78. The van der Waals surface area contributed by atoms with E-state index in [-0.39, 0.29) is 29.8 Å². The van der Waals surface area contributed by atoms with Crippen LogP contribution in [0.3, 0.4) is 0 Å². The van der Waals surface area contributed by atoms with Crippen molar-refractivity contribution in [2.24, 2.45) is 5.73 Å². The van der Waals surface area contributed by atoms with Crippen molar-refractivity contribution in [3.8, 4) is 11.3 Å². The molecule has 38 heavy (non-hydrogen) atoms. The van der Waals surface area contributed by atoms with E-state index < -0.39 is 17.6 Å². The van der Waals surface area contributed by atoms with Crippen molar-refractivity contribution in [3.05, 3.63) is 47.2 Å². The maximum Gasteiger partial charge on any atom is 0.413 e. The van der Waals surface area contributed by atoms with Crippen LogP contribution in [-0.4, -0.2) is 38.4 Å². The number of hydrogen-bond acceptors (Lipinski definition) is 7. The topological polar surface area (TPSA) is 154 Å². The minimum Gasteiger partial charge on any atom is -0.444 e. The Morgan fingerprint density at radius 2 is 1.84 bits per heavy atom. The van der Waals surface area contributed by atoms with E-state index in [1.807, 2.05) is 13.8 Å². The Morgan fingerprint density at radius 3 is 2.39 bits per heavy atom. The first kappa shape index (κ1) is 26.9. The Bertz CT molecular complexity index is 1330. The fraction of sp³-hybridized carbons (Fsp3) is 0.444. The summed E-state index contributed by atoms with van der Waals surface area (Å²) in [4.78, 5) is 37.5. The van der Waals surface area contributed by atoms with Crippen LogP contribution in [0.5, 0.6) is 0 Å². The third kappa shape index (κ3) is 6.21. The maximum absolute atomic E-state index is 12.5. The molecule has 1 aliphatic carbocycles. The maximum atomic E-state index is 12.5. The number of hydrogen-bond donors (Lipinski definition) is 3. The summed E-state index contributed by atoms with van der Waals surface area (Å²) in [6, 6.07) is 8.65. The largest absolute Gasteiger partial charge is 0.444 e. The fourth-order valence-corrected chi connectivity index (χ4v) is 4.16. The van der Waals surface area contributed by atoms with Crippen LogP contribution in [0.4, 0.5) is 16.5 Å². The number of rotatable bonds is 8. The molecule has 0 aliphatic heterocycles. The van der Waals surface area contributed by atoms with Crippen molar-refractivity contribution in [3.63, 3.8) is 0 Å². The van der Waals surface area contributed by atoms with Crippen LogP contribution in [0.15, 0.2) is 34.9 Å². The number of benzene rings is 1. The molecule has 0 unspecified atom stereocenters. The van der Waals surface area contributed by atoms with Gasteiger partial charge in [0.2, 0.25) is 11.8 Å². The minimum absolute atomic E-state index is 0.0719. The summed E-state index contributed by atoms with van der Waals surface area (Å²) in [5, 5.41) is 14.0. The molecule has 3 aromatic rings. The van der Waals surface area contributed by atoms with Gasteiger partial charge in [-0.05, 0) is 53.0 Å². The second kappa shape index (κ2) is 10.7. The lowest BCUT2D eigenvalue weighted by Gasteiger charge is -2.22. The molecule has 1 saturated carbocycles. The SMILES string of the molecule is CC(C)n1nc(-c2ccc(CC(=O)Nc3cc(C4CCC4)no3)cc2)c(C(N)=O)c1NC(=O)OC(C)(C)C. The monoisotopic (exact) mass is 522 g/mol. The standard InChI is InChI=1S/C27H34N6O5/c1-15(2)33-25(30-26(36)37-27(3,4)5)22(24(28)35)23(31-33)18-11-9-16(10-12-18)13-20(34)29-21-14-19(32-38-21)17-7-6-8-17/h9-12,14-15,17H,6-8,13H2,1-5H3,(H2,28,35)(H,29,34)(H,30,36). The highest BCUT2D eigenvalue weighted by atomic mass is 16.6. The number of anilines is 2.